The van der Waals surface area contributed by atoms with Gasteiger partial charge in [0, 0.05) is 43.2 Å². The highest BCUT2D eigenvalue weighted by atomic mass is 32.1. The first kappa shape index (κ1) is 19.0. The van der Waals surface area contributed by atoms with Crippen molar-refractivity contribution in [2.75, 3.05) is 36.0 Å². The van der Waals surface area contributed by atoms with Crippen LogP contribution in [0.2, 0.25) is 0 Å². The summed E-state index contributed by atoms with van der Waals surface area (Å²) in [6, 6.07) is 3.52. The fraction of sp³-hybridized carbons (Fsp3) is 0.478. The first-order valence-electron chi connectivity index (χ1n) is 11.3. The summed E-state index contributed by atoms with van der Waals surface area (Å²) in [6.45, 7) is 3.26. The van der Waals surface area contributed by atoms with Crippen molar-refractivity contribution in [3.05, 3.63) is 40.2 Å². The molecular formula is C23H26N6OS. The standard InChI is InChI=1S/C23H26N6OS/c24-19(30)16-5-3-9-25-21(16)28-10-12-29(13-11-28)22-18-15-4-1-2-6-17(15)31-23(18)27-20(26-22)14-7-8-14/h3,5,9,14H,1-2,4,6-8,10-13H2,(H2,24,30). The average Bonchev–Trinajstić information content (AvgIpc) is 3.59. The molecule has 160 valence electrons. The molecule has 3 aromatic heterocycles. The summed E-state index contributed by atoms with van der Waals surface area (Å²) in [5.74, 6) is 2.96. The highest BCUT2D eigenvalue weighted by Crippen LogP contribution is 2.44. The van der Waals surface area contributed by atoms with E-state index in [4.69, 9.17) is 15.7 Å². The van der Waals surface area contributed by atoms with E-state index in [9.17, 15) is 4.79 Å². The van der Waals surface area contributed by atoms with Crippen LogP contribution in [0.25, 0.3) is 10.2 Å². The fourth-order valence-corrected chi connectivity index (χ4v) is 6.14. The normalized spacial score (nSPS) is 19.0. The molecule has 2 aliphatic carbocycles. The fourth-order valence-electron chi connectivity index (χ4n) is 4.88. The number of carbonyl (C=O) groups excluding carboxylic acids is 1. The second-order valence-electron chi connectivity index (χ2n) is 8.78. The lowest BCUT2D eigenvalue weighted by molar-refractivity contribution is 0.100. The molecule has 0 radical (unpaired) electrons. The third-order valence-corrected chi connectivity index (χ3v) is 7.87. The number of amides is 1. The summed E-state index contributed by atoms with van der Waals surface area (Å²) in [7, 11) is 0. The topological polar surface area (TPSA) is 88.2 Å². The van der Waals surface area contributed by atoms with Crippen molar-refractivity contribution in [3.8, 4) is 0 Å². The van der Waals surface area contributed by atoms with Crippen LogP contribution >= 0.6 is 11.3 Å². The van der Waals surface area contributed by atoms with Crippen molar-refractivity contribution in [1.29, 1.82) is 0 Å². The summed E-state index contributed by atoms with van der Waals surface area (Å²) in [4.78, 5) is 33.7. The molecule has 1 saturated heterocycles. The lowest BCUT2D eigenvalue weighted by atomic mass is 9.97. The van der Waals surface area contributed by atoms with E-state index < -0.39 is 5.91 Å². The number of fused-ring (bicyclic) bond motifs is 3. The minimum atomic E-state index is -0.429. The number of carbonyl (C=O) groups is 1. The van der Waals surface area contributed by atoms with Crippen LogP contribution in [0.3, 0.4) is 0 Å². The van der Waals surface area contributed by atoms with Gasteiger partial charge < -0.3 is 15.5 Å². The number of aromatic nitrogens is 3. The Morgan fingerprint density at radius 2 is 1.77 bits per heavy atom. The summed E-state index contributed by atoms with van der Waals surface area (Å²) in [6.07, 6.45) is 9.00. The van der Waals surface area contributed by atoms with E-state index in [1.807, 2.05) is 11.3 Å². The highest BCUT2D eigenvalue weighted by Gasteiger charge is 2.32. The number of pyridine rings is 1. The number of nitrogens with zero attached hydrogens (tertiary/aromatic N) is 5. The number of thiophene rings is 1. The molecule has 8 heteroatoms. The van der Waals surface area contributed by atoms with E-state index >= 15 is 0 Å². The van der Waals surface area contributed by atoms with Gasteiger partial charge in [-0.2, -0.15) is 0 Å². The number of primary amides is 1. The van der Waals surface area contributed by atoms with Crippen molar-refractivity contribution < 1.29 is 4.79 Å². The van der Waals surface area contributed by atoms with Gasteiger partial charge in [-0.3, -0.25) is 4.79 Å². The lowest BCUT2D eigenvalue weighted by Crippen LogP contribution is -2.47. The lowest BCUT2D eigenvalue weighted by Gasteiger charge is -2.37. The Morgan fingerprint density at radius 1 is 1.03 bits per heavy atom. The number of anilines is 2. The van der Waals surface area contributed by atoms with E-state index in [0.29, 0.717) is 17.3 Å². The quantitative estimate of drug-likeness (QED) is 0.678. The smallest absolute Gasteiger partial charge is 0.252 e. The Hall–Kier alpha value is -2.74. The first-order valence-corrected chi connectivity index (χ1v) is 12.1. The number of aryl methyl sites for hydroxylation is 2. The van der Waals surface area contributed by atoms with Crippen LogP contribution in [-0.4, -0.2) is 47.0 Å². The van der Waals surface area contributed by atoms with Gasteiger partial charge in [0.05, 0.1) is 10.9 Å². The van der Waals surface area contributed by atoms with Crippen molar-refractivity contribution in [1.82, 2.24) is 15.0 Å². The molecule has 3 aromatic rings. The molecule has 2 N–H and O–H groups in total. The van der Waals surface area contributed by atoms with Crippen molar-refractivity contribution in [2.45, 2.75) is 44.4 Å². The van der Waals surface area contributed by atoms with Crippen LogP contribution in [0, 0.1) is 0 Å². The third-order valence-electron chi connectivity index (χ3n) is 6.69. The molecule has 0 bridgehead atoms. The number of rotatable bonds is 4. The Bertz CT molecular complexity index is 1160. The van der Waals surface area contributed by atoms with Crippen LogP contribution in [-0.2, 0) is 12.8 Å². The maximum atomic E-state index is 11.8. The summed E-state index contributed by atoms with van der Waals surface area (Å²) < 4.78 is 0. The van der Waals surface area contributed by atoms with Gasteiger partial charge >= 0.3 is 0 Å². The number of nitrogens with two attached hydrogens (primary N) is 1. The van der Waals surface area contributed by atoms with Crippen LogP contribution < -0.4 is 15.5 Å². The molecule has 0 atom stereocenters. The Morgan fingerprint density at radius 3 is 2.52 bits per heavy atom. The van der Waals surface area contributed by atoms with E-state index in [2.05, 4.69) is 14.8 Å². The van der Waals surface area contributed by atoms with Gasteiger partial charge in [-0.15, -0.1) is 11.3 Å². The predicted octanol–water partition coefficient (Wildman–Crippen LogP) is 3.27. The van der Waals surface area contributed by atoms with E-state index in [1.165, 1.54) is 52.8 Å². The second-order valence-corrected chi connectivity index (χ2v) is 9.87. The zero-order valence-corrected chi connectivity index (χ0v) is 18.3. The first-order chi connectivity index (χ1) is 15.2. The van der Waals surface area contributed by atoms with Crippen molar-refractivity contribution in [3.63, 3.8) is 0 Å². The average molecular weight is 435 g/mol. The molecule has 1 amide bonds. The molecule has 4 heterocycles. The summed E-state index contributed by atoms with van der Waals surface area (Å²) in [5, 5.41) is 1.30. The van der Waals surface area contributed by atoms with Gasteiger partial charge in [0.15, 0.2) is 0 Å². The Balaban J connectivity index is 1.34. The molecule has 7 nitrogen and oxygen atoms in total. The second kappa shape index (κ2) is 7.44. The van der Waals surface area contributed by atoms with Gasteiger partial charge in [0.25, 0.3) is 5.91 Å². The molecule has 31 heavy (non-hydrogen) atoms. The predicted molar refractivity (Wildman–Crippen MR) is 123 cm³/mol. The SMILES string of the molecule is NC(=O)c1cccnc1N1CCN(c2nc(C3CC3)nc3sc4c(c23)CCCC4)CC1. The third kappa shape index (κ3) is 3.33. The van der Waals surface area contributed by atoms with Crippen LogP contribution in [0.1, 0.15) is 58.2 Å². The minimum Gasteiger partial charge on any atom is -0.365 e. The van der Waals surface area contributed by atoms with Crippen molar-refractivity contribution in [2.24, 2.45) is 5.73 Å². The molecule has 1 saturated carbocycles. The highest BCUT2D eigenvalue weighted by molar-refractivity contribution is 7.19. The minimum absolute atomic E-state index is 0.429. The number of piperazine rings is 1. The van der Waals surface area contributed by atoms with Gasteiger partial charge in [0.2, 0.25) is 0 Å². The van der Waals surface area contributed by atoms with E-state index in [-0.39, 0.29) is 0 Å². The van der Waals surface area contributed by atoms with Crippen LogP contribution in [0.4, 0.5) is 11.6 Å². The van der Waals surface area contributed by atoms with Crippen LogP contribution in [0.15, 0.2) is 18.3 Å². The van der Waals surface area contributed by atoms with Gasteiger partial charge in [-0.05, 0) is 56.2 Å². The van der Waals surface area contributed by atoms with Gasteiger partial charge in [-0.25, -0.2) is 15.0 Å². The maximum absolute atomic E-state index is 11.8. The zero-order valence-electron chi connectivity index (χ0n) is 17.5. The molecule has 1 aliphatic heterocycles. The molecule has 0 spiro atoms. The monoisotopic (exact) mass is 434 g/mol. The molecule has 3 aliphatic rings. The summed E-state index contributed by atoms with van der Waals surface area (Å²) in [5.41, 5.74) is 7.56. The molecule has 0 aromatic carbocycles. The Kier molecular flexibility index (Phi) is 4.56. The zero-order chi connectivity index (χ0) is 20.9. The molecular weight excluding hydrogens is 408 g/mol. The van der Waals surface area contributed by atoms with E-state index in [1.54, 1.807) is 18.3 Å². The van der Waals surface area contributed by atoms with Crippen LogP contribution in [0.5, 0.6) is 0 Å². The van der Waals surface area contributed by atoms with Gasteiger partial charge in [-0.1, -0.05) is 0 Å². The molecule has 2 fully saturated rings. The van der Waals surface area contributed by atoms with Gasteiger partial charge in [0.1, 0.15) is 22.3 Å². The van der Waals surface area contributed by atoms with Crippen molar-refractivity contribution >= 4 is 39.1 Å². The molecule has 6 rings (SSSR count). The molecule has 0 unspecified atom stereocenters. The maximum Gasteiger partial charge on any atom is 0.252 e. The largest absolute Gasteiger partial charge is 0.365 e. The van der Waals surface area contributed by atoms with E-state index in [0.717, 1.165) is 44.2 Å². The number of hydrogen-bond acceptors (Lipinski definition) is 7. The Labute approximate surface area is 185 Å². The number of hydrogen-bond donors (Lipinski definition) is 1. The summed E-state index contributed by atoms with van der Waals surface area (Å²) >= 11 is 1.89.